The molecule has 1 aromatic heterocycles. The van der Waals surface area contributed by atoms with E-state index in [9.17, 15) is 4.39 Å². The first-order valence-corrected chi connectivity index (χ1v) is 5.27. The van der Waals surface area contributed by atoms with Crippen LogP contribution in [-0.2, 0) is 5.88 Å². The Morgan fingerprint density at radius 1 is 1.19 bits per heavy atom. The van der Waals surface area contributed by atoms with Crippen LogP contribution in [-0.4, -0.2) is 4.98 Å². The number of hydrogen-bond donors (Lipinski definition) is 0. The second-order valence-electron chi connectivity index (χ2n) is 3.16. The standard InChI is InChI=1S/C12H9ClFNO/c13-8-10-4-2-6-12(15-10)16-11-5-1-3-9(14)7-11/h1-7H,8H2. The quantitative estimate of drug-likeness (QED) is 0.759. The van der Waals surface area contributed by atoms with Gasteiger partial charge in [0, 0.05) is 12.1 Å². The van der Waals surface area contributed by atoms with E-state index in [1.54, 1.807) is 30.3 Å². The van der Waals surface area contributed by atoms with Gasteiger partial charge in [0.05, 0.1) is 11.6 Å². The van der Waals surface area contributed by atoms with Crippen LogP contribution in [0.5, 0.6) is 11.6 Å². The molecule has 0 aliphatic carbocycles. The molecule has 0 aliphatic heterocycles. The molecule has 0 N–H and O–H groups in total. The van der Waals surface area contributed by atoms with E-state index >= 15 is 0 Å². The lowest BCUT2D eigenvalue weighted by Crippen LogP contribution is -1.91. The lowest BCUT2D eigenvalue weighted by Gasteiger charge is -2.05. The summed E-state index contributed by atoms with van der Waals surface area (Å²) in [5.41, 5.74) is 0.718. The van der Waals surface area contributed by atoms with Gasteiger partial charge in [-0.25, -0.2) is 9.37 Å². The van der Waals surface area contributed by atoms with Crippen molar-refractivity contribution in [2.24, 2.45) is 0 Å². The monoisotopic (exact) mass is 237 g/mol. The molecule has 1 heterocycles. The number of benzene rings is 1. The highest BCUT2D eigenvalue weighted by Crippen LogP contribution is 2.20. The van der Waals surface area contributed by atoms with Gasteiger partial charge in [0.2, 0.25) is 5.88 Å². The summed E-state index contributed by atoms with van der Waals surface area (Å²) in [6.45, 7) is 0. The third-order valence-corrected chi connectivity index (χ3v) is 2.21. The summed E-state index contributed by atoms with van der Waals surface area (Å²) in [5, 5.41) is 0. The minimum absolute atomic E-state index is 0.320. The zero-order valence-electron chi connectivity index (χ0n) is 8.36. The zero-order valence-corrected chi connectivity index (χ0v) is 9.12. The molecule has 2 rings (SSSR count). The molecule has 16 heavy (non-hydrogen) atoms. The zero-order chi connectivity index (χ0) is 11.4. The van der Waals surface area contributed by atoms with Crippen LogP contribution >= 0.6 is 11.6 Å². The van der Waals surface area contributed by atoms with E-state index in [1.165, 1.54) is 12.1 Å². The van der Waals surface area contributed by atoms with Crippen molar-refractivity contribution in [1.82, 2.24) is 4.98 Å². The van der Waals surface area contributed by atoms with E-state index in [2.05, 4.69) is 4.98 Å². The molecule has 4 heteroatoms. The largest absolute Gasteiger partial charge is 0.439 e. The minimum Gasteiger partial charge on any atom is -0.439 e. The van der Waals surface area contributed by atoms with Gasteiger partial charge in [0.25, 0.3) is 0 Å². The maximum absolute atomic E-state index is 12.9. The summed E-state index contributed by atoms with van der Waals surface area (Å²) in [4.78, 5) is 4.14. The fourth-order valence-corrected chi connectivity index (χ4v) is 1.39. The number of halogens is 2. The molecule has 0 amide bonds. The number of alkyl halides is 1. The smallest absolute Gasteiger partial charge is 0.219 e. The highest BCUT2D eigenvalue weighted by Gasteiger charge is 2.00. The molecule has 0 fully saturated rings. The maximum Gasteiger partial charge on any atom is 0.219 e. The topological polar surface area (TPSA) is 22.1 Å². The van der Waals surface area contributed by atoms with Gasteiger partial charge in [-0.05, 0) is 18.2 Å². The lowest BCUT2D eigenvalue weighted by molar-refractivity contribution is 0.457. The molecule has 0 bridgehead atoms. The van der Waals surface area contributed by atoms with Gasteiger partial charge in [-0.1, -0.05) is 12.1 Å². The van der Waals surface area contributed by atoms with Crippen molar-refractivity contribution in [3.63, 3.8) is 0 Å². The van der Waals surface area contributed by atoms with Crippen LogP contribution < -0.4 is 4.74 Å². The second-order valence-corrected chi connectivity index (χ2v) is 3.43. The van der Waals surface area contributed by atoms with E-state index in [0.29, 0.717) is 17.5 Å². The molecule has 0 saturated carbocycles. The summed E-state index contributed by atoms with van der Waals surface area (Å²) >= 11 is 5.65. The van der Waals surface area contributed by atoms with Crippen LogP contribution in [0.3, 0.4) is 0 Å². The van der Waals surface area contributed by atoms with Gasteiger partial charge in [0.15, 0.2) is 0 Å². The van der Waals surface area contributed by atoms with Crippen molar-refractivity contribution >= 4 is 11.6 Å². The number of hydrogen-bond acceptors (Lipinski definition) is 2. The molecule has 0 unspecified atom stereocenters. The van der Waals surface area contributed by atoms with E-state index < -0.39 is 0 Å². The van der Waals surface area contributed by atoms with Gasteiger partial charge in [-0.15, -0.1) is 11.6 Å². The van der Waals surface area contributed by atoms with Crippen molar-refractivity contribution in [1.29, 1.82) is 0 Å². The summed E-state index contributed by atoms with van der Waals surface area (Å²) in [5.74, 6) is 0.800. The highest BCUT2D eigenvalue weighted by atomic mass is 35.5. The number of ether oxygens (including phenoxy) is 1. The Hall–Kier alpha value is -1.61. The van der Waals surface area contributed by atoms with E-state index in [4.69, 9.17) is 16.3 Å². The van der Waals surface area contributed by atoms with Gasteiger partial charge in [-0.2, -0.15) is 0 Å². The summed E-state index contributed by atoms with van der Waals surface area (Å²) in [6, 6.07) is 11.2. The predicted molar refractivity (Wildman–Crippen MR) is 60.3 cm³/mol. The molecule has 0 radical (unpaired) electrons. The highest BCUT2D eigenvalue weighted by molar-refractivity contribution is 6.16. The summed E-state index contributed by atoms with van der Waals surface area (Å²) in [6.07, 6.45) is 0. The molecule has 0 saturated heterocycles. The van der Waals surface area contributed by atoms with Crippen molar-refractivity contribution in [3.8, 4) is 11.6 Å². The first-order chi connectivity index (χ1) is 7.78. The molecule has 0 spiro atoms. The Morgan fingerprint density at radius 3 is 2.75 bits per heavy atom. The Morgan fingerprint density at radius 2 is 2.00 bits per heavy atom. The van der Waals surface area contributed by atoms with Crippen LogP contribution in [0.4, 0.5) is 4.39 Å². The van der Waals surface area contributed by atoms with Crippen LogP contribution in [0, 0.1) is 5.82 Å². The molecule has 82 valence electrons. The van der Waals surface area contributed by atoms with Crippen molar-refractivity contribution in [2.45, 2.75) is 5.88 Å². The number of rotatable bonds is 3. The van der Waals surface area contributed by atoms with Crippen molar-refractivity contribution in [2.75, 3.05) is 0 Å². The van der Waals surface area contributed by atoms with Crippen molar-refractivity contribution in [3.05, 3.63) is 54.0 Å². The fourth-order valence-electron chi connectivity index (χ4n) is 1.24. The van der Waals surface area contributed by atoms with Crippen molar-refractivity contribution < 1.29 is 9.13 Å². The van der Waals surface area contributed by atoms with Gasteiger partial charge in [-0.3, -0.25) is 0 Å². The molecule has 2 nitrogen and oxygen atoms in total. The SMILES string of the molecule is Fc1cccc(Oc2cccc(CCl)n2)c1. The molecule has 0 aliphatic rings. The van der Waals surface area contributed by atoms with Gasteiger partial charge in [0.1, 0.15) is 11.6 Å². The fraction of sp³-hybridized carbons (Fsp3) is 0.0833. The number of nitrogens with zero attached hydrogens (tertiary/aromatic N) is 1. The second kappa shape index (κ2) is 4.94. The first-order valence-electron chi connectivity index (χ1n) is 4.73. The average Bonchev–Trinajstić information content (AvgIpc) is 2.29. The lowest BCUT2D eigenvalue weighted by atomic mass is 10.3. The Bertz CT molecular complexity index is 490. The summed E-state index contributed by atoms with van der Waals surface area (Å²) in [7, 11) is 0. The summed E-state index contributed by atoms with van der Waals surface area (Å²) < 4.78 is 18.3. The van der Waals surface area contributed by atoms with Crippen LogP contribution in [0.15, 0.2) is 42.5 Å². The average molecular weight is 238 g/mol. The van der Waals surface area contributed by atoms with E-state index in [-0.39, 0.29) is 5.82 Å². The Balaban J connectivity index is 2.20. The van der Waals surface area contributed by atoms with Gasteiger partial charge >= 0.3 is 0 Å². The third-order valence-electron chi connectivity index (χ3n) is 1.94. The molecular formula is C12H9ClFNO. The number of aromatic nitrogens is 1. The van der Waals surface area contributed by atoms with E-state index in [0.717, 1.165) is 5.69 Å². The van der Waals surface area contributed by atoms with Crippen LogP contribution in [0.2, 0.25) is 0 Å². The molecule has 0 atom stereocenters. The van der Waals surface area contributed by atoms with Crippen LogP contribution in [0.25, 0.3) is 0 Å². The minimum atomic E-state index is -0.342. The van der Waals surface area contributed by atoms with Crippen LogP contribution in [0.1, 0.15) is 5.69 Å². The predicted octanol–water partition coefficient (Wildman–Crippen LogP) is 3.75. The van der Waals surface area contributed by atoms with E-state index in [1.807, 2.05) is 0 Å². The Labute approximate surface area is 97.7 Å². The number of pyridine rings is 1. The normalized spacial score (nSPS) is 10.1. The molecule has 1 aromatic carbocycles. The molecule has 2 aromatic rings. The molecular weight excluding hydrogens is 229 g/mol. The first kappa shape index (κ1) is 10.9. The maximum atomic E-state index is 12.9. The Kier molecular flexibility index (Phi) is 3.37. The van der Waals surface area contributed by atoms with Gasteiger partial charge < -0.3 is 4.74 Å². The third kappa shape index (κ3) is 2.70.